The van der Waals surface area contributed by atoms with Crippen LogP contribution in [0.1, 0.15) is 43.9 Å². The second-order valence-electron chi connectivity index (χ2n) is 10.9. The van der Waals surface area contributed by atoms with Crippen LogP contribution in [0.5, 0.6) is 5.75 Å². The van der Waals surface area contributed by atoms with E-state index in [0.29, 0.717) is 19.6 Å². The largest absolute Gasteiger partial charge is 0.494 e. The highest BCUT2D eigenvalue weighted by Gasteiger charge is 2.57. The van der Waals surface area contributed by atoms with E-state index in [1.807, 2.05) is 66.2 Å². The summed E-state index contributed by atoms with van der Waals surface area (Å²) in [5.41, 5.74) is 6.43. The Kier molecular flexibility index (Phi) is 6.06. The number of carbonyl (C=O) groups excluding carboxylic acids is 1. The molecule has 1 aromatic heterocycles. The number of para-hydroxylation sites is 1. The van der Waals surface area contributed by atoms with E-state index in [9.17, 15) is 4.79 Å². The Morgan fingerprint density at radius 2 is 1.82 bits per heavy atom. The Balaban J connectivity index is 1.47. The molecule has 1 fully saturated rings. The second-order valence-corrected chi connectivity index (χ2v) is 10.9. The molecule has 39 heavy (non-hydrogen) atoms. The van der Waals surface area contributed by atoms with Crippen molar-refractivity contribution in [3.05, 3.63) is 102 Å². The van der Waals surface area contributed by atoms with E-state index in [4.69, 9.17) is 9.84 Å². The molecule has 1 unspecified atom stereocenters. The topological polar surface area (TPSA) is 59.4 Å². The van der Waals surface area contributed by atoms with Crippen molar-refractivity contribution < 1.29 is 9.53 Å². The molecule has 0 aliphatic carbocycles. The van der Waals surface area contributed by atoms with E-state index in [1.54, 1.807) is 0 Å². The maximum absolute atomic E-state index is 12.9. The fourth-order valence-electron chi connectivity index (χ4n) is 6.00. The van der Waals surface area contributed by atoms with Crippen molar-refractivity contribution in [3.63, 3.8) is 0 Å². The standard InChI is InChI=1S/C33H34N4O2/c1-5-39-27-14-12-24(13-15-27)31-25(22-37(35-31)26-9-7-6-8-10-26)17-19-33-32(3,4)28-21-23(2)11-16-29(28)36(33)20-18-30(38)34-33/h6-17,19,21-22H,5,18,20H2,1-4H3,(H,34,38). The van der Waals surface area contributed by atoms with Crippen LogP contribution in [-0.4, -0.2) is 34.5 Å². The molecule has 1 saturated heterocycles. The average Bonchev–Trinajstić information content (AvgIpc) is 3.44. The van der Waals surface area contributed by atoms with Gasteiger partial charge in [0, 0.05) is 41.4 Å². The number of hydrogen-bond acceptors (Lipinski definition) is 4. The van der Waals surface area contributed by atoms with Crippen molar-refractivity contribution in [1.29, 1.82) is 0 Å². The van der Waals surface area contributed by atoms with Gasteiger partial charge in [-0.05, 0) is 68.0 Å². The molecule has 198 valence electrons. The Hall–Kier alpha value is -4.32. The van der Waals surface area contributed by atoms with E-state index in [-0.39, 0.29) is 11.3 Å². The molecule has 6 rings (SSSR count). The number of amides is 1. The lowest BCUT2D eigenvalue weighted by Crippen LogP contribution is -2.68. The number of fused-ring (bicyclic) bond motifs is 3. The van der Waals surface area contributed by atoms with E-state index < -0.39 is 5.66 Å². The van der Waals surface area contributed by atoms with Gasteiger partial charge in [-0.2, -0.15) is 5.10 Å². The van der Waals surface area contributed by atoms with Gasteiger partial charge in [0.2, 0.25) is 5.91 Å². The Bertz CT molecular complexity index is 1550. The van der Waals surface area contributed by atoms with Gasteiger partial charge in [0.05, 0.1) is 18.0 Å². The van der Waals surface area contributed by atoms with Crippen LogP contribution in [0.15, 0.2) is 85.1 Å². The van der Waals surface area contributed by atoms with Crippen LogP contribution in [0.4, 0.5) is 5.69 Å². The first-order valence-electron chi connectivity index (χ1n) is 13.6. The molecule has 4 aromatic rings. The summed E-state index contributed by atoms with van der Waals surface area (Å²) >= 11 is 0. The molecular formula is C33H34N4O2. The fourth-order valence-corrected chi connectivity index (χ4v) is 6.00. The van der Waals surface area contributed by atoms with Gasteiger partial charge in [-0.15, -0.1) is 0 Å². The number of nitrogens with zero attached hydrogens (tertiary/aromatic N) is 3. The number of nitrogens with one attached hydrogen (secondary N) is 1. The molecule has 0 radical (unpaired) electrons. The zero-order chi connectivity index (χ0) is 27.2. The first kappa shape index (κ1) is 25.0. The lowest BCUT2D eigenvalue weighted by Gasteiger charge is -2.49. The molecule has 0 spiro atoms. The summed E-state index contributed by atoms with van der Waals surface area (Å²) in [5, 5.41) is 8.39. The summed E-state index contributed by atoms with van der Waals surface area (Å²) in [7, 11) is 0. The van der Waals surface area contributed by atoms with E-state index in [0.717, 1.165) is 28.3 Å². The monoisotopic (exact) mass is 518 g/mol. The molecule has 2 aliphatic heterocycles. The molecule has 2 aliphatic rings. The number of hydrogen-bond donors (Lipinski definition) is 1. The minimum absolute atomic E-state index is 0.0696. The predicted molar refractivity (Wildman–Crippen MR) is 156 cm³/mol. The van der Waals surface area contributed by atoms with Gasteiger partial charge < -0.3 is 15.0 Å². The van der Waals surface area contributed by atoms with E-state index in [1.165, 1.54) is 16.8 Å². The van der Waals surface area contributed by atoms with Gasteiger partial charge in [0.15, 0.2) is 0 Å². The zero-order valence-corrected chi connectivity index (χ0v) is 22.9. The highest BCUT2D eigenvalue weighted by Crippen LogP contribution is 2.52. The summed E-state index contributed by atoms with van der Waals surface area (Å²) in [6.07, 6.45) is 6.83. The molecule has 6 nitrogen and oxygen atoms in total. The van der Waals surface area contributed by atoms with Gasteiger partial charge in [-0.25, -0.2) is 4.68 Å². The number of aromatic nitrogens is 2. The maximum Gasteiger partial charge on any atom is 0.223 e. The summed E-state index contributed by atoms with van der Waals surface area (Å²) in [6, 6.07) is 24.8. The fraction of sp³-hybridized carbons (Fsp3) is 0.273. The van der Waals surface area contributed by atoms with Crippen LogP contribution in [0.3, 0.4) is 0 Å². The van der Waals surface area contributed by atoms with Crippen LogP contribution in [0, 0.1) is 6.92 Å². The summed E-state index contributed by atoms with van der Waals surface area (Å²) in [6.45, 7) is 9.84. The van der Waals surface area contributed by atoms with Crippen molar-refractivity contribution >= 4 is 17.7 Å². The normalized spacial score (nSPS) is 19.6. The second kappa shape index (κ2) is 9.45. The molecule has 3 aromatic carbocycles. The number of ether oxygens (including phenoxy) is 1. The van der Waals surface area contributed by atoms with Gasteiger partial charge in [-0.1, -0.05) is 55.8 Å². The first-order chi connectivity index (χ1) is 18.8. The molecule has 1 amide bonds. The number of aryl methyl sites for hydroxylation is 1. The van der Waals surface area contributed by atoms with Crippen LogP contribution in [-0.2, 0) is 10.2 Å². The van der Waals surface area contributed by atoms with E-state index in [2.05, 4.69) is 67.5 Å². The van der Waals surface area contributed by atoms with Crippen molar-refractivity contribution in [3.8, 4) is 22.7 Å². The third-order valence-electron chi connectivity index (χ3n) is 8.09. The molecule has 1 atom stereocenters. The Labute approximate surface area is 229 Å². The molecular weight excluding hydrogens is 484 g/mol. The molecule has 0 saturated carbocycles. The summed E-state index contributed by atoms with van der Waals surface area (Å²) in [4.78, 5) is 15.2. The highest BCUT2D eigenvalue weighted by atomic mass is 16.5. The summed E-state index contributed by atoms with van der Waals surface area (Å²) < 4.78 is 7.58. The van der Waals surface area contributed by atoms with Crippen molar-refractivity contribution in [2.45, 2.75) is 45.2 Å². The van der Waals surface area contributed by atoms with Crippen LogP contribution in [0.25, 0.3) is 23.0 Å². The first-order valence-corrected chi connectivity index (χ1v) is 13.6. The molecule has 6 heteroatoms. The Morgan fingerprint density at radius 1 is 1.05 bits per heavy atom. The summed E-state index contributed by atoms with van der Waals surface area (Å²) in [5.74, 6) is 0.904. The lowest BCUT2D eigenvalue weighted by atomic mass is 9.74. The predicted octanol–water partition coefficient (Wildman–Crippen LogP) is 6.27. The number of benzene rings is 3. The van der Waals surface area contributed by atoms with Gasteiger partial charge in [-0.3, -0.25) is 4.79 Å². The van der Waals surface area contributed by atoms with Gasteiger partial charge in [0.1, 0.15) is 11.4 Å². The SMILES string of the molecule is CCOc1ccc(-c2nn(-c3ccccc3)cc2C=CC23NC(=O)CCN2c2ccc(C)cc2C3(C)C)cc1. The maximum atomic E-state index is 12.9. The smallest absolute Gasteiger partial charge is 0.223 e. The third-order valence-corrected chi connectivity index (χ3v) is 8.09. The number of anilines is 1. The number of carbonyl (C=O) groups is 1. The van der Waals surface area contributed by atoms with Gasteiger partial charge >= 0.3 is 0 Å². The molecule has 0 bridgehead atoms. The average molecular weight is 519 g/mol. The third kappa shape index (κ3) is 4.11. The van der Waals surface area contributed by atoms with Crippen LogP contribution >= 0.6 is 0 Å². The zero-order valence-electron chi connectivity index (χ0n) is 22.9. The minimum Gasteiger partial charge on any atom is -0.494 e. The van der Waals surface area contributed by atoms with Crippen LogP contribution in [0.2, 0.25) is 0 Å². The molecule has 1 N–H and O–H groups in total. The lowest BCUT2D eigenvalue weighted by molar-refractivity contribution is -0.124. The molecule has 3 heterocycles. The highest BCUT2D eigenvalue weighted by molar-refractivity contribution is 5.85. The number of rotatable bonds is 6. The van der Waals surface area contributed by atoms with Crippen molar-refractivity contribution in [1.82, 2.24) is 15.1 Å². The Morgan fingerprint density at radius 3 is 2.56 bits per heavy atom. The van der Waals surface area contributed by atoms with Crippen LogP contribution < -0.4 is 15.0 Å². The van der Waals surface area contributed by atoms with Gasteiger partial charge in [0.25, 0.3) is 0 Å². The van der Waals surface area contributed by atoms with Crippen molar-refractivity contribution in [2.24, 2.45) is 0 Å². The van der Waals surface area contributed by atoms with E-state index >= 15 is 0 Å². The quantitative estimate of drug-likeness (QED) is 0.327. The van der Waals surface area contributed by atoms with Crippen molar-refractivity contribution in [2.75, 3.05) is 18.1 Å². The minimum atomic E-state index is -0.691.